The second-order valence-corrected chi connectivity index (χ2v) is 7.07. The molecule has 0 spiro atoms. The van der Waals surface area contributed by atoms with Crippen molar-refractivity contribution >= 4 is 22.8 Å². The van der Waals surface area contributed by atoms with Crippen LogP contribution in [0.4, 0.5) is 24.9 Å². The normalized spacial score (nSPS) is 14.4. The summed E-state index contributed by atoms with van der Waals surface area (Å²) in [5.74, 6) is -1.39. The third kappa shape index (κ3) is 3.44. The summed E-state index contributed by atoms with van der Waals surface area (Å²) in [6.45, 7) is 2.18. The maximum absolute atomic E-state index is 14.4. The number of fused-ring (bicyclic) bond motifs is 1. The van der Waals surface area contributed by atoms with Crippen LogP contribution in [-0.4, -0.2) is 46.1 Å². The van der Waals surface area contributed by atoms with Gasteiger partial charge in [0.2, 0.25) is 5.95 Å². The van der Waals surface area contributed by atoms with Gasteiger partial charge in [0, 0.05) is 24.7 Å². The van der Waals surface area contributed by atoms with Crippen LogP contribution in [0.5, 0.6) is 0 Å². The molecule has 0 aliphatic carbocycles. The molecule has 2 aromatic carbocycles. The number of hydrogen-bond acceptors (Lipinski definition) is 6. The van der Waals surface area contributed by atoms with Gasteiger partial charge in [-0.2, -0.15) is 4.98 Å². The van der Waals surface area contributed by atoms with Crippen molar-refractivity contribution in [2.75, 3.05) is 36.9 Å². The highest BCUT2D eigenvalue weighted by molar-refractivity contribution is 5.99. The fraction of sp³-hybridized carbons (Fsp3) is 0.190. The Morgan fingerprint density at radius 2 is 1.71 bits per heavy atom. The molecule has 4 aromatic rings. The molecular formula is C21H17F3N6O. The minimum absolute atomic E-state index is 0.0206. The molecule has 2 aromatic heterocycles. The van der Waals surface area contributed by atoms with Crippen molar-refractivity contribution in [3.8, 4) is 16.9 Å². The van der Waals surface area contributed by atoms with Crippen molar-refractivity contribution in [2.24, 2.45) is 0 Å². The molecule has 1 saturated heterocycles. The highest BCUT2D eigenvalue weighted by atomic mass is 19.1. The van der Waals surface area contributed by atoms with Crippen LogP contribution in [0.25, 0.3) is 28.0 Å². The van der Waals surface area contributed by atoms with Crippen LogP contribution in [0, 0.1) is 17.5 Å². The second kappa shape index (κ2) is 7.55. The van der Waals surface area contributed by atoms with Crippen LogP contribution >= 0.6 is 0 Å². The number of hydrogen-bond donors (Lipinski definition) is 1. The van der Waals surface area contributed by atoms with Crippen LogP contribution < -0.4 is 10.6 Å². The Bertz CT molecular complexity index is 1290. The van der Waals surface area contributed by atoms with E-state index in [0.29, 0.717) is 48.9 Å². The van der Waals surface area contributed by atoms with Crippen molar-refractivity contribution < 1.29 is 17.9 Å². The van der Waals surface area contributed by atoms with Gasteiger partial charge in [-0.1, -0.05) is 12.1 Å². The monoisotopic (exact) mass is 426 g/mol. The van der Waals surface area contributed by atoms with E-state index in [1.165, 1.54) is 12.1 Å². The first kappa shape index (κ1) is 19.3. The van der Waals surface area contributed by atoms with E-state index in [0.717, 1.165) is 22.9 Å². The molecule has 2 N–H and O–H groups in total. The summed E-state index contributed by atoms with van der Waals surface area (Å²) in [7, 11) is 0. The highest BCUT2D eigenvalue weighted by Gasteiger charge is 2.23. The van der Waals surface area contributed by atoms with Crippen molar-refractivity contribution in [3.63, 3.8) is 0 Å². The molecule has 0 atom stereocenters. The van der Waals surface area contributed by atoms with E-state index >= 15 is 0 Å². The van der Waals surface area contributed by atoms with Crippen molar-refractivity contribution in [1.82, 2.24) is 19.7 Å². The number of aromatic nitrogens is 4. The van der Waals surface area contributed by atoms with Crippen molar-refractivity contribution in [1.29, 1.82) is 0 Å². The van der Waals surface area contributed by atoms with Crippen LogP contribution in [-0.2, 0) is 4.74 Å². The number of nitrogens with zero attached hydrogens (tertiary/aromatic N) is 5. The van der Waals surface area contributed by atoms with E-state index in [4.69, 9.17) is 10.5 Å². The van der Waals surface area contributed by atoms with Gasteiger partial charge in [-0.05, 0) is 24.3 Å². The average Bonchev–Trinajstić information content (AvgIpc) is 3.11. The summed E-state index contributed by atoms with van der Waals surface area (Å²) in [5, 5.41) is 4.66. The van der Waals surface area contributed by atoms with E-state index in [9.17, 15) is 13.2 Å². The van der Waals surface area contributed by atoms with Gasteiger partial charge in [0.25, 0.3) is 0 Å². The molecule has 10 heteroatoms. The summed E-state index contributed by atoms with van der Waals surface area (Å²) in [6.07, 6.45) is 0. The summed E-state index contributed by atoms with van der Waals surface area (Å²) < 4.78 is 48.6. The average molecular weight is 426 g/mol. The zero-order valence-corrected chi connectivity index (χ0v) is 16.2. The van der Waals surface area contributed by atoms with Crippen LogP contribution in [0.1, 0.15) is 0 Å². The molecule has 31 heavy (non-hydrogen) atoms. The Morgan fingerprint density at radius 1 is 0.935 bits per heavy atom. The van der Waals surface area contributed by atoms with Gasteiger partial charge in [0.15, 0.2) is 5.65 Å². The summed E-state index contributed by atoms with van der Waals surface area (Å²) in [4.78, 5) is 11.1. The van der Waals surface area contributed by atoms with E-state index in [2.05, 4.69) is 15.1 Å². The van der Waals surface area contributed by atoms with Gasteiger partial charge in [0.05, 0.1) is 24.3 Å². The minimum Gasteiger partial charge on any atom is -0.383 e. The number of nitrogens with two attached hydrogens (primary N) is 1. The predicted molar refractivity (Wildman–Crippen MR) is 109 cm³/mol. The van der Waals surface area contributed by atoms with E-state index in [-0.39, 0.29) is 17.2 Å². The number of nitrogen functional groups attached to an aromatic ring is 1. The zero-order chi connectivity index (χ0) is 21.5. The molecule has 5 rings (SSSR count). The lowest BCUT2D eigenvalue weighted by Gasteiger charge is -2.27. The lowest BCUT2D eigenvalue weighted by Crippen LogP contribution is -2.37. The number of benzene rings is 2. The third-order valence-electron chi connectivity index (χ3n) is 5.09. The number of halogens is 3. The van der Waals surface area contributed by atoms with Gasteiger partial charge in [-0.25, -0.2) is 22.8 Å². The Labute approximate surface area is 174 Å². The molecule has 1 aliphatic rings. The van der Waals surface area contributed by atoms with E-state index in [1.807, 2.05) is 4.90 Å². The molecule has 0 saturated carbocycles. The largest absolute Gasteiger partial charge is 0.383 e. The Kier molecular flexibility index (Phi) is 4.70. The van der Waals surface area contributed by atoms with Crippen LogP contribution in [0.3, 0.4) is 0 Å². The first-order chi connectivity index (χ1) is 15.0. The molecule has 1 fully saturated rings. The fourth-order valence-electron chi connectivity index (χ4n) is 3.58. The number of ether oxygens (including phenoxy) is 1. The minimum atomic E-state index is -0.699. The maximum Gasteiger partial charge on any atom is 0.228 e. The molecule has 0 unspecified atom stereocenters. The molecule has 0 radical (unpaired) electrons. The molecule has 1 aliphatic heterocycles. The molecular weight excluding hydrogens is 409 g/mol. The smallest absolute Gasteiger partial charge is 0.228 e. The van der Waals surface area contributed by atoms with Crippen LogP contribution in [0.2, 0.25) is 0 Å². The number of morpholine rings is 1. The fourth-order valence-corrected chi connectivity index (χ4v) is 3.58. The first-order valence-corrected chi connectivity index (χ1v) is 9.61. The molecule has 0 amide bonds. The van der Waals surface area contributed by atoms with Gasteiger partial charge < -0.3 is 15.4 Å². The quantitative estimate of drug-likeness (QED) is 0.541. The summed E-state index contributed by atoms with van der Waals surface area (Å²) in [5.41, 5.74) is 7.15. The Hall–Kier alpha value is -3.66. The maximum atomic E-state index is 14.4. The SMILES string of the molecule is Nc1c2c(-c3cccc(F)c3)nc(N3CCOCC3)nc2nn1-c1cc(F)ccc1F. The first-order valence-electron chi connectivity index (χ1n) is 9.61. The Morgan fingerprint density at radius 3 is 2.48 bits per heavy atom. The van der Waals surface area contributed by atoms with Crippen LogP contribution in [0.15, 0.2) is 42.5 Å². The lowest BCUT2D eigenvalue weighted by molar-refractivity contribution is 0.122. The number of rotatable bonds is 3. The van der Waals surface area contributed by atoms with Gasteiger partial charge in [-0.15, -0.1) is 5.10 Å². The predicted octanol–water partition coefficient (Wildman–Crippen LogP) is 3.32. The summed E-state index contributed by atoms with van der Waals surface area (Å²) in [6, 6.07) is 8.88. The Balaban J connectivity index is 1.77. The topological polar surface area (TPSA) is 82.1 Å². The lowest BCUT2D eigenvalue weighted by atomic mass is 10.1. The van der Waals surface area contributed by atoms with Gasteiger partial charge in [0.1, 0.15) is 29.0 Å². The van der Waals surface area contributed by atoms with Crippen molar-refractivity contribution in [3.05, 3.63) is 59.9 Å². The standard InChI is InChI=1S/C21H17F3N6O/c22-13-3-1-2-12(10-13)18-17-19(25)30(16-11-14(23)4-5-15(16)24)28-20(17)27-21(26-18)29-6-8-31-9-7-29/h1-5,10-11H,6-9,25H2. The van der Waals surface area contributed by atoms with E-state index in [1.54, 1.807) is 12.1 Å². The molecule has 7 nitrogen and oxygen atoms in total. The molecule has 0 bridgehead atoms. The third-order valence-corrected chi connectivity index (χ3v) is 5.09. The molecule has 3 heterocycles. The zero-order valence-electron chi connectivity index (χ0n) is 16.2. The molecule has 158 valence electrons. The second-order valence-electron chi connectivity index (χ2n) is 7.07. The highest BCUT2D eigenvalue weighted by Crippen LogP contribution is 2.34. The summed E-state index contributed by atoms with van der Waals surface area (Å²) >= 11 is 0. The van der Waals surface area contributed by atoms with Gasteiger partial charge in [-0.3, -0.25) is 0 Å². The van der Waals surface area contributed by atoms with Gasteiger partial charge >= 0.3 is 0 Å². The van der Waals surface area contributed by atoms with E-state index < -0.39 is 17.5 Å². The number of anilines is 2. The van der Waals surface area contributed by atoms with Crippen molar-refractivity contribution in [2.45, 2.75) is 0 Å².